The van der Waals surface area contributed by atoms with Crippen molar-refractivity contribution in [3.8, 4) is 17.0 Å². The van der Waals surface area contributed by atoms with Crippen molar-refractivity contribution in [1.29, 1.82) is 0 Å². The summed E-state index contributed by atoms with van der Waals surface area (Å²) in [6.07, 6.45) is 2.63. The largest absolute Gasteiger partial charge is 0.492 e. The summed E-state index contributed by atoms with van der Waals surface area (Å²) in [5, 5.41) is 8.58. The summed E-state index contributed by atoms with van der Waals surface area (Å²) >= 11 is 6.12. The second-order valence-corrected chi connectivity index (χ2v) is 8.67. The highest BCUT2D eigenvalue weighted by atomic mass is 35.5. The first-order valence-corrected chi connectivity index (χ1v) is 11.4. The predicted octanol–water partition coefficient (Wildman–Crippen LogP) is 5.12. The van der Waals surface area contributed by atoms with E-state index in [0.29, 0.717) is 31.1 Å². The van der Waals surface area contributed by atoms with E-state index in [9.17, 15) is 4.79 Å². The second kappa shape index (κ2) is 9.51. The molecule has 166 valence electrons. The number of aromatic nitrogens is 2. The average Bonchev–Trinajstić information content (AvgIpc) is 3.25. The van der Waals surface area contributed by atoms with E-state index in [-0.39, 0.29) is 11.8 Å². The highest BCUT2D eigenvalue weighted by Crippen LogP contribution is 2.30. The minimum Gasteiger partial charge on any atom is -0.492 e. The number of nitrogens with zero attached hydrogens (tertiary/aromatic N) is 2. The van der Waals surface area contributed by atoms with Crippen molar-refractivity contribution in [3.63, 3.8) is 0 Å². The van der Waals surface area contributed by atoms with Gasteiger partial charge in [0.2, 0.25) is 5.91 Å². The lowest BCUT2D eigenvalue weighted by atomic mass is 9.96. The van der Waals surface area contributed by atoms with Crippen LogP contribution in [0.1, 0.15) is 16.7 Å². The van der Waals surface area contributed by atoms with Gasteiger partial charge in [-0.1, -0.05) is 72.3 Å². The smallest absolute Gasteiger partial charge is 0.227 e. The highest BCUT2D eigenvalue weighted by Gasteiger charge is 2.26. The van der Waals surface area contributed by atoms with Crippen LogP contribution in [0.25, 0.3) is 11.3 Å². The third-order valence-corrected chi connectivity index (χ3v) is 6.06. The molecule has 1 unspecified atom stereocenters. The Balaban J connectivity index is 1.32. The molecule has 1 atom stereocenters. The quantitative estimate of drug-likeness (QED) is 0.437. The van der Waals surface area contributed by atoms with Crippen LogP contribution in [0.2, 0.25) is 5.02 Å². The number of nitrogens with one attached hydrogen (secondary N) is 1. The Morgan fingerprint density at radius 2 is 1.82 bits per heavy atom. The Morgan fingerprint density at radius 1 is 1.06 bits per heavy atom. The molecule has 2 heterocycles. The Labute approximate surface area is 198 Å². The average molecular weight is 458 g/mol. The summed E-state index contributed by atoms with van der Waals surface area (Å²) in [5.74, 6) is 0.517. The van der Waals surface area contributed by atoms with Crippen LogP contribution in [0, 0.1) is 5.92 Å². The maximum atomic E-state index is 13.0. The molecule has 5 rings (SSSR count). The van der Waals surface area contributed by atoms with Crippen molar-refractivity contribution < 1.29 is 9.53 Å². The van der Waals surface area contributed by atoms with E-state index in [0.717, 1.165) is 28.1 Å². The zero-order valence-corrected chi connectivity index (χ0v) is 18.8. The Hall–Kier alpha value is -3.57. The Kier molecular flexibility index (Phi) is 6.13. The molecule has 1 aliphatic heterocycles. The van der Waals surface area contributed by atoms with E-state index < -0.39 is 0 Å². The molecule has 0 saturated carbocycles. The molecule has 33 heavy (non-hydrogen) atoms. The fourth-order valence-corrected chi connectivity index (χ4v) is 4.34. The number of hydrogen-bond donors (Lipinski definition) is 1. The van der Waals surface area contributed by atoms with Gasteiger partial charge >= 0.3 is 0 Å². The number of hydrogen-bond acceptors (Lipinski definition) is 3. The van der Waals surface area contributed by atoms with Crippen LogP contribution < -0.4 is 10.1 Å². The van der Waals surface area contributed by atoms with Crippen LogP contribution in [0.3, 0.4) is 0 Å². The van der Waals surface area contributed by atoms with E-state index in [4.69, 9.17) is 21.4 Å². The molecule has 0 saturated heterocycles. The molecule has 0 radical (unpaired) electrons. The van der Waals surface area contributed by atoms with E-state index in [1.54, 1.807) is 6.07 Å². The predicted molar refractivity (Wildman–Crippen MR) is 129 cm³/mol. The lowest BCUT2D eigenvalue weighted by molar-refractivity contribution is -0.126. The van der Waals surface area contributed by atoms with Gasteiger partial charge in [-0.3, -0.25) is 9.48 Å². The van der Waals surface area contributed by atoms with Crippen LogP contribution in [-0.4, -0.2) is 22.3 Å². The first-order chi connectivity index (χ1) is 16.2. The number of carbonyl (C=O) groups is 1. The molecule has 1 aromatic heterocycles. The van der Waals surface area contributed by atoms with Gasteiger partial charge in [0.05, 0.1) is 18.2 Å². The van der Waals surface area contributed by atoms with Crippen LogP contribution >= 0.6 is 11.6 Å². The number of carbonyl (C=O) groups excluding carboxylic acids is 1. The molecule has 5 nitrogen and oxygen atoms in total. The molecule has 4 aromatic rings. The Morgan fingerprint density at radius 3 is 2.61 bits per heavy atom. The normalized spacial score (nSPS) is 14.9. The number of rotatable bonds is 6. The zero-order chi connectivity index (χ0) is 22.6. The van der Waals surface area contributed by atoms with Gasteiger partial charge in [-0.25, -0.2) is 0 Å². The van der Waals surface area contributed by atoms with Crippen LogP contribution in [-0.2, 0) is 24.3 Å². The molecule has 0 spiro atoms. The second-order valence-electron chi connectivity index (χ2n) is 8.23. The molecule has 0 bridgehead atoms. The van der Waals surface area contributed by atoms with Gasteiger partial charge < -0.3 is 10.1 Å². The van der Waals surface area contributed by atoms with E-state index in [1.807, 2.05) is 71.5 Å². The molecule has 1 amide bonds. The lowest BCUT2D eigenvalue weighted by Gasteiger charge is -2.24. The molecule has 3 aromatic carbocycles. The molecule has 0 aliphatic carbocycles. The zero-order valence-electron chi connectivity index (χ0n) is 18.1. The van der Waals surface area contributed by atoms with Gasteiger partial charge in [-0.15, -0.1) is 0 Å². The number of halogens is 1. The van der Waals surface area contributed by atoms with Crippen molar-refractivity contribution in [2.75, 3.05) is 6.61 Å². The van der Waals surface area contributed by atoms with Gasteiger partial charge in [0, 0.05) is 28.9 Å². The van der Waals surface area contributed by atoms with Crippen LogP contribution in [0.5, 0.6) is 5.75 Å². The van der Waals surface area contributed by atoms with E-state index >= 15 is 0 Å². The van der Waals surface area contributed by atoms with Crippen molar-refractivity contribution in [2.24, 2.45) is 5.92 Å². The lowest BCUT2D eigenvalue weighted by Crippen LogP contribution is -2.37. The maximum Gasteiger partial charge on any atom is 0.227 e. The number of ether oxygens (including phenoxy) is 1. The van der Waals surface area contributed by atoms with Gasteiger partial charge in [-0.2, -0.15) is 5.10 Å². The topological polar surface area (TPSA) is 56.2 Å². The fraction of sp³-hybridized carbons (Fsp3) is 0.185. The molecular formula is C27H24ClN3O2. The third kappa shape index (κ3) is 4.94. The van der Waals surface area contributed by atoms with Crippen molar-refractivity contribution in [3.05, 3.63) is 107 Å². The summed E-state index contributed by atoms with van der Waals surface area (Å²) in [6.45, 7) is 1.43. The highest BCUT2D eigenvalue weighted by molar-refractivity contribution is 6.30. The summed E-state index contributed by atoms with van der Waals surface area (Å²) in [6, 6.07) is 25.8. The standard InChI is InChI=1S/C27H24ClN3O2/c28-24-11-12-25-21(14-24)13-22(18-33-25)27(32)29-15-23-17-31(16-19-7-3-1-4-8-19)30-26(23)20-9-5-2-6-10-20/h1-12,14,17,22H,13,15-16,18H2,(H,29,32). The van der Waals surface area contributed by atoms with Crippen LogP contribution in [0.4, 0.5) is 0 Å². The molecule has 6 heteroatoms. The molecule has 0 fully saturated rings. The monoisotopic (exact) mass is 457 g/mol. The van der Waals surface area contributed by atoms with E-state index in [2.05, 4.69) is 17.4 Å². The SMILES string of the molecule is O=C(NCc1cn(Cc2ccccc2)nc1-c1ccccc1)C1COc2ccc(Cl)cc2C1. The Bertz CT molecular complexity index is 1260. The number of benzene rings is 3. The number of fused-ring (bicyclic) bond motifs is 1. The van der Waals surface area contributed by atoms with E-state index in [1.165, 1.54) is 5.56 Å². The fourth-order valence-electron chi connectivity index (χ4n) is 4.14. The molecule has 1 N–H and O–H groups in total. The minimum atomic E-state index is -0.254. The summed E-state index contributed by atoms with van der Waals surface area (Å²) < 4.78 is 7.72. The van der Waals surface area contributed by atoms with Crippen LogP contribution in [0.15, 0.2) is 85.1 Å². The van der Waals surface area contributed by atoms with Gasteiger partial charge in [0.1, 0.15) is 12.4 Å². The first-order valence-electron chi connectivity index (χ1n) is 11.0. The van der Waals surface area contributed by atoms with Gasteiger partial charge in [-0.05, 0) is 35.7 Å². The van der Waals surface area contributed by atoms with Gasteiger partial charge in [0.15, 0.2) is 0 Å². The molecule has 1 aliphatic rings. The summed E-state index contributed by atoms with van der Waals surface area (Å²) in [5.41, 5.74) is 5.02. The maximum absolute atomic E-state index is 13.0. The summed E-state index contributed by atoms with van der Waals surface area (Å²) in [7, 11) is 0. The first kappa shape index (κ1) is 21.3. The van der Waals surface area contributed by atoms with Gasteiger partial charge in [0.25, 0.3) is 0 Å². The molecular weight excluding hydrogens is 434 g/mol. The minimum absolute atomic E-state index is 0.0320. The third-order valence-electron chi connectivity index (χ3n) is 5.82. The van der Waals surface area contributed by atoms with Crippen molar-refractivity contribution in [2.45, 2.75) is 19.5 Å². The van der Waals surface area contributed by atoms with Crippen molar-refractivity contribution >= 4 is 17.5 Å². The van der Waals surface area contributed by atoms with Crippen molar-refractivity contribution in [1.82, 2.24) is 15.1 Å². The number of amides is 1. The summed E-state index contributed by atoms with van der Waals surface area (Å²) in [4.78, 5) is 13.0.